The molecule has 8 heteroatoms. The van der Waals surface area contributed by atoms with Crippen LogP contribution < -0.4 is 10.1 Å². The number of aromatic carboxylic acids is 1. The summed E-state index contributed by atoms with van der Waals surface area (Å²) in [6.07, 6.45) is 0. The van der Waals surface area contributed by atoms with Crippen LogP contribution in [0.1, 0.15) is 20.7 Å². The number of anilines is 1. The molecule has 2 aromatic carbocycles. The van der Waals surface area contributed by atoms with Crippen LogP contribution in [0.5, 0.6) is 5.88 Å². The summed E-state index contributed by atoms with van der Waals surface area (Å²) in [6, 6.07) is 11.5. The van der Waals surface area contributed by atoms with Gasteiger partial charge >= 0.3 is 5.97 Å². The lowest BCUT2D eigenvalue weighted by Crippen LogP contribution is -2.16. The molecule has 1 aromatic heterocycles. The fraction of sp³-hybridized carbons (Fsp3) is 0.0556. The van der Waals surface area contributed by atoms with Gasteiger partial charge in [-0.1, -0.05) is 35.3 Å². The molecule has 0 atom stereocenters. The summed E-state index contributed by atoms with van der Waals surface area (Å²) in [5, 5.41) is 14.1. The van der Waals surface area contributed by atoms with Crippen LogP contribution in [0.3, 0.4) is 0 Å². The van der Waals surface area contributed by atoms with Gasteiger partial charge in [-0.15, -0.1) is 0 Å². The van der Waals surface area contributed by atoms with Crippen LogP contribution in [0.25, 0.3) is 10.8 Å². The molecule has 1 amide bonds. The molecular weight excluding hydrogens is 379 g/mol. The van der Waals surface area contributed by atoms with E-state index in [4.69, 9.17) is 27.9 Å². The molecule has 3 rings (SSSR count). The fourth-order valence-corrected chi connectivity index (χ4v) is 2.82. The van der Waals surface area contributed by atoms with E-state index in [1.54, 1.807) is 36.4 Å². The Hall–Kier alpha value is -2.83. The Morgan fingerprint density at radius 3 is 2.46 bits per heavy atom. The average Bonchev–Trinajstić information content (AvgIpc) is 2.62. The number of carboxylic acid groups (broad SMARTS) is 1. The first-order valence-electron chi connectivity index (χ1n) is 7.37. The first-order valence-corrected chi connectivity index (χ1v) is 8.13. The highest BCUT2D eigenvalue weighted by Gasteiger charge is 2.19. The maximum Gasteiger partial charge on any atom is 0.339 e. The van der Waals surface area contributed by atoms with Gasteiger partial charge in [-0.25, -0.2) is 4.79 Å². The van der Waals surface area contributed by atoms with Gasteiger partial charge in [-0.2, -0.15) is 4.98 Å². The highest BCUT2D eigenvalue weighted by Crippen LogP contribution is 2.28. The maximum absolute atomic E-state index is 12.5. The first-order chi connectivity index (χ1) is 12.4. The Balaban J connectivity index is 1.97. The van der Waals surface area contributed by atoms with Gasteiger partial charge < -0.3 is 15.2 Å². The van der Waals surface area contributed by atoms with Gasteiger partial charge in [-0.3, -0.25) is 4.79 Å². The van der Waals surface area contributed by atoms with E-state index in [2.05, 4.69) is 10.3 Å². The quantitative estimate of drug-likeness (QED) is 0.684. The van der Waals surface area contributed by atoms with Crippen molar-refractivity contribution in [1.82, 2.24) is 4.98 Å². The first kappa shape index (κ1) is 18.0. The third-order valence-electron chi connectivity index (χ3n) is 3.66. The second-order valence-electron chi connectivity index (χ2n) is 5.34. The molecule has 0 unspecified atom stereocenters. The van der Waals surface area contributed by atoms with Crippen molar-refractivity contribution < 1.29 is 19.4 Å². The zero-order chi connectivity index (χ0) is 18.8. The second kappa shape index (κ2) is 7.19. The van der Waals surface area contributed by atoms with Gasteiger partial charge in [0.25, 0.3) is 5.91 Å². The molecule has 2 N–H and O–H groups in total. The highest BCUT2D eigenvalue weighted by molar-refractivity contribution is 6.32. The van der Waals surface area contributed by atoms with Crippen molar-refractivity contribution in [3.05, 3.63) is 63.6 Å². The van der Waals surface area contributed by atoms with E-state index in [1.807, 2.05) is 0 Å². The Morgan fingerprint density at radius 2 is 1.77 bits per heavy atom. The minimum atomic E-state index is -1.27. The van der Waals surface area contributed by atoms with E-state index in [1.165, 1.54) is 13.2 Å². The summed E-state index contributed by atoms with van der Waals surface area (Å²) in [5.41, 5.74) is 0.101. The number of rotatable bonds is 4. The SMILES string of the molecule is COc1nc(NC(=O)c2ccc3cc(Cl)ccc3c2)c(C(=O)O)cc1Cl. The number of nitrogens with zero attached hydrogens (tertiary/aromatic N) is 1. The van der Waals surface area contributed by atoms with Crippen LogP contribution in [0, 0.1) is 0 Å². The van der Waals surface area contributed by atoms with Crippen LogP contribution in [-0.4, -0.2) is 29.1 Å². The summed E-state index contributed by atoms with van der Waals surface area (Å²) < 4.78 is 4.98. The standard InChI is InChI=1S/C18H12Cl2N2O4/c1-26-17-14(20)8-13(18(24)25)15(22-17)21-16(23)11-3-2-10-7-12(19)5-4-9(10)6-11/h2-8H,1H3,(H,24,25)(H,21,22,23). The molecule has 0 saturated carbocycles. The van der Waals surface area contributed by atoms with Gasteiger partial charge in [-0.05, 0) is 41.1 Å². The van der Waals surface area contributed by atoms with E-state index in [-0.39, 0.29) is 22.3 Å². The summed E-state index contributed by atoms with van der Waals surface area (Å²) in [5.74, 6) is -1.92. The third-order valence-corrected chi connectivity index (χ3v) is 4.17. The van der Waals surface area contributed by atoms with Crippen LogP contribution in [0.15, 0.2) is 42.5 Å². The molecule has 3 aromatic rings. The third kappa shape index (κ3) is 3.56. The van der Waals surface area contributed by atoms with Gasteiger partial charge in [0.2, 0.25) is 5.88 Å². The molecule has 0 aliphatic carbocycles. The Morgan fingerprint density at radius 1 is 1.08 bits per heavy atom. The normalized spacial score (nSPS) is 10.6. The molecule has 0 saturated heterocycles. The lowest BCUT2D eigenvalue weighted by atomic mass is 10.1. The van der Waals surface area contributed by atoms with E-state index in [0.29, 0.717) is 10.6 Å². The number of hydrogen-bond donors (Lipinski definition) is 2. The Labute approximate surface area is 158 Å². The molecule has 0 aliphatic rings. The number of halogens is 2. The van der Waals surface area contributed by atoms with Crippen LogP contribution in [0.4, 0.5) is 5.82 Å². The van der Waals surface area contributed by atoms with Gasteiger partial charge in [0.1, 0.15) is 10.6 Å². The number of methoxy groups -OCH3 is 1. The molecule has 0 radical (unpaired) electrons. The largest absolute Gasteiger partial charge is 0.480 e. The molecule has 1 heterocycles. The fourth-order valence-electron chi connectivity index (χ4n) is 2.41. The van der Waals surface area contributed by atoms with Crippen molar-refractivity contribution in [2.24, 2.45) is 0 Å². The van der Waals surface area contributed by atoms with E-state index in [0.717, 1.165) is 10.8 Å². The number of pyridine rings is 1. The summed E-state index contributed by atoms with van der Waals surface area (Å²) in [4.78, 5) is 27.9. The number of hydrogen-bond acceptors (Lipinski definition) is 4. The topological polar surface area (TPSA) is 88.5 Å². The Kier molecular flexibility index (Phi) is 4.97. The lowest BCUT2D eigenvalue weighted by molar-refractivity contribution is 0.0697. The number of carboxylic acids is 1. The minimum Gasteiger partial charge on any atom is -0.480 e. The van der Waals surface area contributed by atoms with Crippen molar-refractivity contribution in [2.45, 2.75) is 0 Å². The second-order valence-corrected chi connectivity index (χ2v) is 6.18. The van der Waals surface area contributed by atoms with Gasteiger partial charge in [0, 0.05) is 10.6 Å². The predicted molar refractivity (Wildman–Crippen MR) is 99.7 cm³/mol. The van der Waals surface area contributed by atoms with Crippen molar-refractivity contribution in [1.29, 1.82) is 0 Å². The number of amides is 1. The van der Waals surface area contributed by atoms with E-state index < -0.39 is 11.9 Å². The molecule has 6 nitrogen and oxygen atoms in total. The molecule has 26 heavy (non-hydrogen) atoms. The summed E-state index contributed by atoms with van der Waals surface area (Å²) in [7, 11) is 1.34. The number of ether oxygens (including phenoxy) is 1. The van der Waals surface area contributed by atoms with Crippen LogP contribution in [-0.2, 0) is 0 Å². The monoisotopic (exact) mass is 390 g/mol. The zero-order valence-electron chi connectivity index (χ0n) is 13.4. The number of fused-ring (bicyclic) bond motifs is 1. The predicted octanol–water partition coefficient (Wildman–Crippen LogP) is 4.50. The van der Waals surface area contributed by atoms with Gasteiger partial charge in [0.15, 0.2) is 5.82 Å². The summed E-state index contributed by atoms with van der Waals surface area (Å²) >= 11 is 11.9. The number of benzene rings is 2. The zero-order valence-corrected chi connectivity index (χ0v) is 14.9. The van der Waals surface area contributed by atoms with Gasteiger partial charge in [0.05, 0.1) is 7.11 Å². The molecule has 0 aliphatic heterocycles. The lowest BCUT2D eigenvalue weighted by Gasteiger charge is -2.11. The van der Waals surface area contributed by atoms with Crippen molar-refractivity contribution in [3.8, 4) is 5.88 Å². The van der Waals surface area contributed by atoms with Crippen LogP contribution in [0.2, 0.25) is 10.0 Å². The molecule has 0 fully saturated rings. The smallest absolute Gasteiger partial charge is 0.339 e. The molecular formula is C18H12Cl2N2O4. The van der Waals surface area contributed by atoms with E-state index in [9.17, 15) is 14.7 Å². The number of aromatic nitrogens is 1. The van der Waals surface area contributed by atoms with E-state index >= 15 is 0 Å². The molecule has 0 bridgehead atoms. The Bertz CT molecular complexity index is 1040. The number of carbonyl (C=O) groups is 2. The van der Waals surface area contributed by atoms with Crippen molar-refractivity contribution in [3.63, 3.8) is 0 Å². The number of carbonyl (C=O) groups excluding carboxylic acids is 1. The summed E-state index contributed by atoms with van der Waals surface area (Å²) in [6.45, 7) is 0. The van der Waals surface area contributed by atoms with Crippen molar-refractivity contribution >= 4 is 51.7 Å². The van der Waals surface area contributed by atoms with Crippen LogP contribution >= 0.6 is 23.2 Å². The van der Waals surface area contributed by atoms with Crippen molar-refractivity contribution in [2.75, 3.05) is 12.4 Å². The molecule has 0 spiro atoms. The molecule has 132 valence electrons. The minimum absolute atomic E-state index is 0.0140. The average molecular weight is 391 g/mol. The number of nitrogens with one attached hydrogen (secondary N) is 1. The highest BCUT2D eigenvalue weighted by atomic mass is 35.5. The maximum atomic E-state index is 12.5.